The number of esters is 2. The summed E-state index contributed by atoms with van der Waals surface area (Å²) in [6.07, 6.45) is 0. The van der Waals surface area contributed by atoms with Gasteiger partial charge in [0.1, 0.15) is 11.5 Å². The molecule has 2 aromatic rings. The average molecular weight is 342 g/mol. The number of carbonyl (C=O) groups excluding carboxylic acids is 2. The molecule has 0 aliphatic rings. The Morgan fingerprint density at radius 3 is 1.64 bits per heavy atom. The zero-order valence-electron chi connectivity index (χ0n) is 14.2. The van der Waals surface area contributed by atoms with Crippen molar-refractivity contribution in [1.29, 1.82) is 0 Å². The van der Waals surface area contributed by atoms with Crippen LogP contribution in [-0.4, -0.2) is 32.8 Å². The monoisotopic (exact) mass is 342 g/mol. The lowest BCUT2D eigenvalue weighted by Crippen LogP contribution is -2.12. The molecule has 0 bridgehead atoms. The van der Waals surface area contributed by atoms with Gasteiger partial charge >= 0.3 is 19.6 Å². The van der Waals surface area contributed by atoms with Crippen LogP contribution in [0.2, 0.25) is 0 Å². The molecular weight excluding hydrogens is 323 g/mol. The van der Waals surface area contributed by atoms with Crippen LogP contribution in [0.15, 0.2) is 48.5 Å². The molecule has 6 nitrogen and oxygen atoms in total. The number of hydrogen-bond acceptors (Lipinski definition) is 6. The van der Waals surface area contributed by atoms with E-state index in [0.717, 1.165) is 0 Å². The molecule has 0 unspecified atom stereocenters. The van der Waals surface area contributed by atoms with Gasteiger partial charge in [0.05, 0.1) is 24.3 Å². The van der Waals surface area contributed by atoms with E-state index in [0.29, 0.717) is 35.8 Å². The van der Waals surface area contributed by atoms with Crippen LogP contribution >= 0.6 is 0 Å². The number of carbonyl (C=O) groups is 2. The van der Waals surface area contributed by atoms with Gasteiger partial charge in [-0.1, -0.05) is 12.1 Å². The van der Waals surface area contributed by atoms with Crippen molar-refractivity contribution in [3.05, 3.63) is 59.7 Å². The average Bonchev–Trinajstić information content (AvgIpc) is 2.63. The van der Waals surface area contributed by atoms with Crippen molar-refractivity contribution >= 4 is 19.6 Å². The van der Waals surface area contributed by atoms with Gasteiger partial charge in [-0.3, -0.25) is 0 Å². The molecule has 2 aromatic carbocycles. The Morgan fingerprint density at radius 1 is 0.800 bits per heavy atom. The van der Waals surface area contributed by atoms with Gasteiger partial charge in [0, 0.05) is 0 Å². The fraction of sp³-hybridized carbons (Fsp3) is 0.222. The van der Waals surface area contributed by atoms with Gasteiger partial charge in [-0.15, -0.1) is 0 Å². The highest BCUT2D eigenvalue weighted by Crippen LogP contribution is 2.16. The first kappa shape index (κ1) is 18.4. The van der Waals surface area contributed by atoms with E-state index in [1.807, 2.05) is 0 Å². The van der Waals surface area contributed by atoms with Gasteiger partial charge in [-0.25, -0.2) is 9.59 Å². The van der Waals surface area contributed by atoms with Gasteiger partial charge in [-0.05, 0) is 50.2 Å². The van der Waals surface area contributed by atoms with Gasteiger partial charge < -0.3 is 18.8 Å². The molecule has 0 aliphatic carbocycles. The van der Waals surface area contributed by atoms with Crippen molar-refractivity contribution in [1.82, 2.24) is 0 Å². The van der Waals surface area contributed by atoms with Gasteiger partial charge in [0.25, 0.3) is 0 Å². The lowest BCUT2D eigenvalue weighted by Gasteiger charge is -2.09. The second-order valence-corrected chi connectivity index (χ2v) is 4.90. The Hall–Kier alpha value is -2.96. The van der Waals surface area contributed by atoms with Crippen LogP contribution in [0.4, 0.5) is 0 Å². The third-order valence-corrected chi connectivity index (χ3v) is 3.14. The zero-order valence-corrected chi connectivity index (χ0v) is 14.2. The number of rotatable bonds is 8. The molecule has 0 saturated heterocycles. The fourth-order valence-electron chi connectivity index (χ4n) is 2.02. The van der Waals surface area contributed by atoms with E-state index in [2.05, 4.69) is 0 Å². The zero-order chi connectivity index (χ0) is 18.1. The Labute approximate surface area is 147 Å². The minimum Gasteiger partial charge on any atom is -0.528 e. The lowest BCUT2D eigenvalue weighted by atomic mass is 10.2. The Balaban J connectivity index is 1.92. The third kappa shape index (κ3) is 5.56. The molecule has 0 atom stereocenters. The van der Waals surface area contributed by atoms with Crippen LogP contribution in [-0.2, 0) is 9.47 Å². The molecule has 0 N–H and O–H groups in total. The van der Waals surface area contributed by atoms with E-state index in [4.69, 9.17) is 18.8 Å². The highest BCUT2D eigenvalue weighted by molar-refractivity contribution is 6.20. The molecular formula is C18H19BO6. The SMILES string of the molecule is CCOC(=O)c1cccc(OBOc2cccc(C(=O)OCC)c2)c1. The van der Waals surface area contributed by atoms with Crippen molar-refractivity contribution in [2.24, 2.45) is 0 Å². The van der Waals surface area contributed by atoms with Crippen molar-refractivity contribution in [3.63, 3.8) is 0 Å². The smallest absolute Gasteiger partial charge is 0.528 e. The quantitative estimate of drug-likeness (QED) is 0.543. The van der Waals surface area contributed by atoms with Crippen LogP contribution in [0, 0.1) is 0 Å². The molecule has 2 rings (SSSR count). The summed E-state index contributed by atoms with van der Waals surface area (Å²) in [6, 6.07) is 13.3. The molecule has 0 aromatic heterocycles. The maximum absolute atomic E-state index is 11.7. The van der Waals surface area contributed by atoms with Crippen molar-refractivity contribution in [3.8, 4) is 11.5 Å². The lowest BCUT2D eigenvalue weighted by molar-refractivity contribution is 0.0516. The van der Waals surface area contributed by atoms with E-state index in [1.54, 1.807) is 62.4 Å². The summed E-state index contributed by atoms with van der Waals surface area (Å²) >= 11 is 0. The molecule has 7 heteroatoms. The highest BCUT2D eigenvalue weighted by atomic mass is 16.6. The van der Waals surface area contributed by atoms with E-state index in [9.17, 15) is 9.59 Å². The van der Waals surface area contributed by atoms with E-state index < -0.39 is 11.9 Å². The first-order valence-corrected chi connectivity index (χ1v) is 7.94. The van der Waals surface area contributed by atoms with E-state index in [1.165, 1.54) is 0 Å². The van der Waals surface area contributed by atoms with Crippen LogP contribution < -0.4 is 9.31 Å². The maximum atomic E-state index is 11.7. The number of benzene rings is 2. The second-order valence-electron chi connectivity index (χ2n) is 4.90. The van der Waals surface area contributed by atoms with Crippen LogP contribution in [0.3, 0.4) is 0 Å². The predicted octanol–water partition coefficient (Wildman–Crippen LogP) is 2.76. The van der Waals surface area contributed by atoms with Crippen molar-refractivity contribution in [2.75, 3.05) is 13.2 Å². The molecule has 0 amide bonds. The predicted molar refractivity (Wildman–Crippen MR) is 93.2 cm³/mol. The summed E-state index contributed by atoms with van der Waals surface area (Å²) in [6.45, 7) is 4.11. The maximum Gasteiger partial charge on any atom is 0.576 e. The van der Waals surface area contributed by atoms with Gasteiger partial charge in [0.15, 0.2) is 0 Å². The van der Waals surface area contributed by atoms with Crippen molar-refractivity contribution < 1.29 is 28.4 Å². The largest absolute Gasteiger partial charge is 0.576 e. The number of hydrogen-bond donors (Lipinski definition) is 0. The van der Waals surface area contributed by atoms with Crippen molar-refractivity contribution in [2.45, 2.75) is 13.8 Å². The Kier molecular flexibility index (Phi) is 6.89. The topological polar surface area (TPSA) is 71.1 Å². The second kappa shape index (κ2) is 9.37. The normalized spacial score (nSPS) is 9.84. The minimum atomic E-state index is -0.406. The first-order valence-electron chi connectivity index (χ1n) is 7.94. The number of ether oxygens (including phenoxy) is 2. The molecule has 25 heavy (non-hydrogen) atoms. The van der Waals surface area contributed by atoms with Crippen LogP contribution in [0.25, 0.3) is 0 Å². The summed E-state index contributed by atoms with van der Waals surface area (Å²) in [5.74, 6) is 0.145. The highest BCUT2D eigenvalue weighted by Gasteiger charge is 2.10. The Morgan fingerprint density at radius 2 is 1.24 bits per heavy atom. The Bertz CT molecular complexity index is 670. The standard InChI is InChI=1S/C18H19BO6/c1-3-22-17(20)13-7-5-9-15(11-13)24-19-25-16-10-6-8-14(12-16)18(21)23-4-2/h5-12,19H,3-4H2,1-2H3. The molecule has 0 saturated carbocycles. The summed E-state index contributed by atoms with van der Waals surface area (Å²) < 4.78 is 20.8. The van der Waals surface area contributed by atoms with E-state index >= 15 is 0 Å². The third-order valence-electron chi connectivity index (χ3n) is 3.14. The van der Waals surface area contributed by atoms with Gasteiger partial charge in [0.2, 0.25) is 0 Å². The molecule has 0 heterocycles. The van der Waals surface area contributed by atoms with Gasteiger partial charge in [-0.2, -0.15) is 0 Å². The summed E-state index contributed by atoms with van der Waals surface area (Å²) in [4.78, 5) is 23.4. The first-order chi connectivity index (χ1) is 12.1. The molecule has 130 valence electrons. The van der Waals surface area contributed by atoms with Crippen LogP contribution in [0.5, 0.6) is 11.5 Å². The molecule has 0 aliphatic heterocycles. The molecule has 0 fully saturated rings. The minimum absolute atomic E-state index is 0.0709. The summed E-state index contributed by atoms with van der Waals surface area (Å²) in [7, 11) is -0.0709. The van der Waals surface area contributed by atoms with E-state index in [-0.39, 0.29) is 7.69 Å². The summed E-state index contributed by atoms with van der Waals surface area (Å²) in [5, 5.41) is 0. The molecule has 0 radical (unpaired) electrons. The van der Waals surface area contributed by atoms with Crippen LogP contribution in [0.1, 0.15) is 34.6 Å². The molecule has 0 spiro atoms. The fourth-order valence-corrected chi connectivity index (χ4v) is 2.02. The summed E-state index contributed by atoms with van der Waals surface area (Å²) in [5.41, 5.74) is 0.812.